The van der Waals surface area contributed by atoms with Crippen LogP contribution in [0.3, 0.4) is 0 Å². The molecule has 2 atom stereocenters. The zero-order valence-electron chi connectivity index (χ0n) is 15.4. The summed E-state index contributed by atoms with van der Waals surface area (Å²) >= 11 is 6.50. The van der Waals surface area contributed by atoms with Crippen molar-refractivity contribution in [3.8, 4) is 0 Å². The SMILES string of the molecule is C[C@@H]1C[C@H]1CNc1ccc(CNc2c(Cl)ccc3c2CCNCC3)cc1. The minimum Gasteiger partial charge on any atom is -0.385 e. The van der Waals surface area contributed by atoms with E-state index in [1.54, 1.807) is 0 Å². The Morgan fingerprint density at radius 1 is 1.04 bits per heavy atom. The molecule has 2 aromatic carbocycles. The van der Waals surface area contributed by atoms with E-state index in [9.17, 15) is 0 Å². The maximum atomic E-state index is 6.50. The molecule has 2 aromatic rings. The molecule has 3 N–H and O–H groups in total. The summed E-state index contributed by atoms with van der Waals surface area (Å²) in [7, 11) is 0. The lowest BCUT2D eigenvalue weighted by molar-refractivity contribution is 0.711. The van der Waals surface area contributed by atoms with Gasteiger partial charge in [-0.1, -0.05) is 36.7 Å². The van der Waals surface area contributed by atoms with Gasteiger partial charge < -0.3 is 16.0 Å². The van der Waals surface area contributed by atoms with Crippen LogP contribution in [-0.4, -0.2) is 19.6 Å². The maximum absolute atomic E-state index is 6.50. The van der Waals surface area contributed by atoms with Crippen LogP contribution in [0.25, 0.3) is 0 Å². The van der Waals surface area contributed by atoms with Gasteiger partial charge in [0.15, 0.2) is 0 Å². The molecule has 0 spiro atoms. The summed E-state index contributed by atoms with van der Waals surface area (Å²) in [6.45, 7) is 6.28. The molecule has 4 heteroatoms. The van der Waals surface area contributed by atoms with E-state index >= 15 is 0 Å². The van der Waals surface area contributed by atoms with Crippen molar-refractivity contribution < 1.29 is 0 Å². The van der Waals surface area contributed by atoms with Crippen molar-refractivity contribution in [2.75, 3.05) is 30.3 Å². The summed E-state index contributed by atoms with van der Waals surface area (Å²) < 4.78 is 0. The number of rotatable bonds is 6. The molecule has 26 heavy (non-hydrogen) atoms. The number of hydrogen-bond donors (Lipinski definition) is 3. The van der Waals surface area contributed by atoms with E-state index < -0.39 is 0 Å². The third-order valence-corrected chi connectivity index (χ3v) is 6.06. The van der Waals surface area contributed by atoms with Gasteiger partial charge in [0.25, 0.3) is 0 Å². The first kappa shape index (κ1) is 17.7. The van der Waals surface area contributed by atoms with Crippen molar-refractivity contribution in [1.29, 1.82) is 0 Å². The Labute approximate surface area is 161 Å². The average Bonchev–Trinajstić information content (AvgIpc) is 3.41. The third kappa shape index (κ3) is 4.16. The predicted octanol–water partition coefficient (Wildman–Crippen LogP) is 4.71. The number of hydrogen-bond acceptors (Lipinski definition) is 3. The Bertz CT molecular complexity index is 757. The quantitative estimate of drug-likeness (QED) is 0.690. The molecule has 1 aliphatic carbocycles. The molecule has 3 nitrogen and oxygen atoms in total. The molecule has 0 aromatic heterocycles. The van der Waals surface area contributed by atoms with Crippen LogP contribution in [0.5, 0.6) is 0 Å². The summed E-state index contributed by atoms with van der Waals surface area (Å²) in [6, 6.07) is 13.0. The molecule has 0 unspecified atom stereocenters. The number of fused-ring (bicyclic) bond motifs is 1. The Kier molecular flexibility index (Phi) is 5.37. The normalized spacial score (nSPS) is 21.6. The monoisotopic (exact) mass is 369 g/mol. The predicted molar refractivity (Wildman–Crippen MR) is 111 cm³/mol. The summed E-state index contributed by atoms with van der Waals surface area (Å²) in [5, 5.41) is 11.4. The molecule has 0 saturated heterocycles. The van der Waals surface area contributed by atoms with Gasteiger partial charge in [0, 0.05) is 18.8 Å². The minimum absolute atomic E-state index is 0.795. The maximum Gasteiger partial charge on any atom is 0.0640 e. The highest BCUT2D eigenvalue weighted by molar-refractivity contribution is 6.33. The standard InChI is InChI=1S/C22H28ClN3/c1-15-12-18(15)14-25-19-5-2-16(3-6-19)13-26-22-20-9-11-24-10-8-17(20)4-7-21(22)23/h2-7,15,18,24-26H,8-14H2,1H3/t15-,18+/m1/s1. The van der Waals surface area contributed by atoms with Crippen molar-refractivity contribution in [3.05, 3.63) is 58.1 Å². The van der Waals surface area contributed by atoms with Crippen LogP contribution in [0.1, 0.15) is 30.0 Å². The van der Waals surface area contributed by atoms with Crippen LogP contribution in [0.15, 0.2) is 36.4 Å². The molecule has 1 fully saturated rings. The molecule has 1 saturated carbocycles. The lowest BCUT2D eigenvalue weighted by atomic mass is 10.0. The second-order valence-corrected chi connectivity index (χ2v) is 8.12. The molecular formula is C22H28ClN3. The van der Waals surface area contributed by atoms with E-state index in [1.165, 1.54) is 28.8 Å². The zero-order valence-corrected chi connectivity index (χ0v) is 16.2. The molecule has 4 rings (SSSR count). The smallest absolute Gasteiger partial charge is 0.0640 e. The minimum atomic E-state index is 0.795. The van der Waals surface area contributed by atoms with E-state index in [4.69, 9.17) is 11.6 Å². The van der Waals surface area contributed by atoms with Crippen molar-refractivity contribution in [3.63, 3.8) is 0 Å². The second-order valence-electron chi connectivity index (χ2n) is 7.71. The topological polar surface area (TPSA) is 36.1 Å². The van der Waals surface area contributed by atoms with Gasteiger partial charge >= 0.3 is 0 Å². The first-order valence-corrected chi connectivity index (χ1v) is 10.2. The summed E-state index contributed by atoms with van der Waals surface area (Å²) in [6.07, 6.45) is 3.47. The fourth-order valence-electron chi connectivity index (χ4n) is 3.80. The van der Waals surface area contributed by atoms with E-state index in [0.717, 1.165) is 61.6 Å². The Hall–Kier alpha value is -1.71. The first-order valence-electron chi connectivity index (χ1n) is 9.78. The molecule has 138 valence electrons. The Balaban J connectivity index is 1.39. The number of halogens is 1. The lowest BCUT2D eigenvalue weighted by Crippen LogP contribution is -2.16. The fraction of sp³-hybridized carbons (Fsp3) is 0.455. The largest absolute Gasteiger partial charge is 0.385 e. The number of anilines is 2. The van der Waals surface area contributed by atoms with E-state index in [2.05, 4.69) is 53.2 Å². The van der Waals surface area contributed by atoms with Crippen molar-refractivity contribution in [2.24, 2.45) is 11.8 Å². The van der Waals surface area contributed by atoms with Crippen LogP contribution < -0.4 is 16.0 Å². The molecule has 0 amide bonds. The lowest BCUT2D eigenvalue weighted by Gasteiger charge is -2.16. The van der Waals surface area contributed by atoms with Gasteiger partial charge in [-0.3, -0.25) is 0 Å². The van der Waals surface area contributed by atoms with E-state index in [1.807, 2.05) is 6.07 Å². The van der Waals surface area contributed by atoms with Gasteiger partial charge in [-0.15, -0.1) is 0 Å². The third-order valence-electron chi connectivity index (χ3n) is 5.75. The molecule has 1 heterocycles. The van der Waals surface area contributed by atoms with E-state index in [-0.39, 0.29) is 0 Å². The van der Waals surface area contributed by atoms with E-state index in [0.29, 0.717) is 0 Å². The summed E-state index contributed by atoms with van der Waals surface area (Å²) in [4.78, 5) is 0. The van der Waals surface area contributed by atoms with Gasteiger partial charge in [0.1, 0.15) is 0 Å². The average molecular weight is 370 g/mol. The van der Waals surface area contributed by atoms with Gasteiger partial charge in [0.2, 0.25) is 0 Å². The molecule has 2 aliphatic rings. The molecule has 0 radical (unpaired) electrons. The van der Waals surface area contributed by atoms with Crippen LogP contribution in [0.4, 0.5) is 11.4 Å². The van der Waals surface area contributed by atoms with Crippen molar-refractivity contribution in [2.45, 2.75) is 32.7 Å². The van der Waals surface area contributed by atoms with Gasteiger partial charge in [-0.05, 0) is 79.1 Å². The van der Waals surface area contributed by atoms with Crippen molar-refractivity contribution >= 4 is 23.0 Å². The highest BCUT2D eigenvalue weighted by Gasteiger charge is 2.31. The molecule has 0 bridgehead atoms. The van der Waals surface area contributed by atoms with Gasteiger partial charge in [-0.2, -0.15) is 0 Å². The van der Waals surface area contributed by atoms with Crippen LogP contribution >= 0.6 is 11.6 Å². The van der Waals surface area contributed by atoms with Gasteiger partial charge in [-0.25, -0.2) is 0 Å². The van der Waals surface area contributed by atoms with Crippen LogP contribution in [0.2, 0.25) is 5.02 Å². The summed E-state index contributed by atoms with van der Waals surface area (Å²) in [5.74, 6) is 1.76. The Morgan fingerprint density at radius 3 is 2.58 bits per heavy atom. The zero-order chi connectivity index (χ0) is 17.9. The second kappa shape index (κ2) is 7.89. The highest BCUT2D eigenvalue weighted by Crippen LogP contribution is 2.37. The number of nitrogens with one attached hydrogen (secondary N) is 3. The molecular weight excluding hydrogens is 342 g/mol. The van der Waals surface area contributed by atoms with Gasteiger partial charge in [0.05, 0.1) is 10.7 Å². The van der Waals surface area contributed by atoms with Crippen LogP contribution in [-0.2, 0) is 19.4 Å². The van der Waals surface area contributed by atoms with Crippen LogP contribution in [0, 0.1) is 11.8 Å². The fourth-order valence-corrected chi connectivity index (χ4v) is 4.04. The first-order chi connectivity index (χ1) is 12.7. The summed E-state index contributed by atoms with van der Waals surface area (Å²) in [5.41, 5.74) is 6.38. The van der Waals surface area contributed by atoms with Crippen molar-refractivity contribution in [1.82, 2.24) is 5.32 Å². The number of benzene rings is 2. The highest BCUT2D eigenvalue weighted by atomic mass is 35.5. The Morgan fingerprint density at radius 2 is 1.81 bits per heavy atom. The molecule has 1 aliphatic heterocycles.